The molecule has 0 aromatic carbocycles. The van der Waals surface area contributed by atoms with Gasteiger partial charge in [0.15, 0.2) is 5.13 Å². The van der Waals surface area contributed by atoms with Crippen molar-refractivity contribution in [3.63, 3.8) is 0 Å². The lowest BCUT2D eigenvalue weighted by Gasteiger charge is -2.26. The number of nitrogens with zero attached hydrogens (tertiary/aromatic N) is 2. The van der Waals surface area contributed by atoms with Crippen LogP contribution < -0.4 is 10.6 Å². The summed E-state index contributed by atoms with van der Waals surface area (Å²) < 4.78 is 0. The minimum absolute atomic E-state index is 0.0260. The molecule has 1 rings (SSSR count). The molecule has 0 aliphatic carbocycles. The molecule has 0 saturated carbocycles. The number of hydrogen-bond acceptors (Lipinski definition) is 4. The van der Waals surface area contributed by atoms with Gasteiger partial charge in [-0.1, -0.05) is 20.8 Å². The van der Waals surface area contributed by atoms with Gasteiger partial charge in [0, 0.05) is 25.0 Å². The summed E-state index contributed by atoms with van der Waals surface area (Å²) in [5.74, 6) is 0. The first-order valence-electron chi connectivity index (χ1n) is 5.22. The van der Waals surface area contributed by atoms with E-state index in [0.29, 0.717) is 0 Å². The van der Waals surface area contributed by atoms with Crippen molar-refractivity contribution < 1.29 is 0 Å². The van der Waals surface area contributed by atoms with Gasteiger partial charge in [-0.2, -0.15) is 0 Å². The second kappa shape index (κ2) is 4.49. The maximum absolute atomic E-state index is 5.78. The Morgan fingerprint density at radius 3 is 2.53 bits per heavy atom. The SMILES string of the molecule is CC(N)c1csc(N(C)CC(C)(C)C)n1. The van der Waals surface area contributed by atoms with Gasteiger partial charge in [0.1, 0.15) is 0 Å². The van der Waals surface area contributed by atoms with Crippen LogP contribution in [0.25, 0.3) is 0 Å². The van der Waals surface area contributed by atoms with Gasteiger partial charge < -0.3 is 10.6 Å². The lowest BCUT2D eigenvalue weighted by atomic mass is 9.96. The predicted octanol–water partition coefficient (Wildman–Crippen LogP) is 2.65. The van der Waals surface area contributed by atoms with E-state index in [0.717, 1.165) is 17.4 Å². The molecule has 0 radical (unpaired) electrons. The molecule has 0 amide bonds. The van der Waals surface area contributed by atoms with Gasteiger partial charge in [-0.05, 0) is 12.3 Å². The lowest BCUT2D eigenvalue weighted by molar-refractivity contribution is 0.418. The Bertz CT molecular complexity index is 312. The number of anilines is 1. The second-order valence-electron chi connectivity index (χ2n) is 5.26. The molecule has 0 spiro atoms. The van der Waals surface area contributed by atoms with E-state index in [-0.39, 0.29) is 11.5 Å². The summed E-state index contributed by atoms with van der Waals surface area (Å²) in [7, 11) is 2.08. The third-order valence-electron chi connectivity index (χ3n) is 2.01. The molecule has 3 nitrogen and oxygen atoms in total. The summed E-state index contributed by atoms with van der Waals surface area (Å²) in [5, 5.41) is 3.09. The molecule has 1 unspecified atom stereocenters. The van der Waals surface area contributed by atoms with E-state index in [1.807, 2.05) is 12.3 Å². The zero-order valence-corrected chi connectivity index (χ0v) is 11.1. The highest BCUT2D eigenvalue weighted by atomic mass is 32.1. The van der Waals surface area contributed by atoms with Gasteiger partial charge >= 0.3 is 0 Å². The van der Waals surface area contributed by atoms with Crippen LogP contribution in [0.1, 0.15) is 39.4 Å². The quantitative estimate of drug-likeness (QED) is 0.863. The summed E-state index contributed by atoms with van der Waals surface area (Å²) in [6.07, 6.45) is 0. The maximum atomic E-state index is 5.78. The van der Waals surface area contributed by atoms with Gasteiger partial charge in [0.2, 0.25) is 0 Å². The summed E-state index contributed by atoms with van der Waals surface area (Å²) in [6, 6.07) is 0.0260. The van der Waals surface area contributed by atoms with Gasteiger partial charge in [0.25, 0.3) is 0 Å². The average Bonchev–Trinajstić information content (AvgIpc) is 2.47. The number of nitrogens with two attached hydrogens (primary N) is 1. The molecule has 86 valence electrons. The molecule has 2 N–H and O–H groups in total. The average molecular weight is 227 g/mol. The number of hydrogen-bond donors (Lipinski definition) is 1. The standard InChI is InChI=1S/C11H21N3S/c1-8(12)9-6-15-10(13-9)14(5)7-11(2,3)4/h6,8H,7,12H2,1-5H3. The van der Waals surface area contributed by atoms with Crippen LogP contribution in [-0.4, -0.2) is 18.6 Å². The zero-order chi connectivity index (χ0) is 11.6. The molecular formula is C11H21N3S. The Balaban J connectivity index is 2.70. The first kappa shape index (κ1) is 12.5. The van der Waals surface area contributed by atoms with Crippen LogP contribution in [0.15, 0.2) is 5.38 Å². The van der Waals surface area contributed by atoms with Crippen molar-refractivity contribution in [3.05, 3.63) is 11.1 Å². The summed E-state index contributed by atoms with van der Waals surface area (Å²) in [5.41, 5.74) is 7.05. The van der Waals surface area contributed by atoms with Crippen LogP contribution in [0.5, 0.6) is 0 Å². The van der Waals surface area contributed by atoms with Crippen molar-refractivity contribution in [2.24, 2.45) is 11.1 Å². The van der Waals surface area contributed by atoms with E-state index in [4.69, 9.17) is 5.73 Å². The third kappa shape index (κ3) is 3.80. The fraction of sp³-hybridized carbons (Fsp3) is 0.727. The highest BCUT2D eigenvalue weighted by molar-refractivity contribution is 7.13. The van der Waals surface area contributed by atoms with Crippen molar-refractivity contribution in [2.75, 3.05) is 18.5 Å². The van der Waals surface area contributed by atoms with Crippen molar-refractivity contribution >= 4 is 16.5 Å². The molecular weight excluding hydrogens is 206 g/mol. The van der Waals surface area contributed by atoms with Crippen LogP contribution in [0.4, 0.5) is 5.13 Å². The van der Waals surface area contributed by atoms with Gasteiger partial charge in [0.05, 0.1) is 5.69 Å². The van der Waals surface area contributed by atoms with Crippen molar-refractivity contribution in [3.8, 4) is 0 Å². The Kier molecular flexibility index (Phi) is 3.73. The molecule has 0 aliphatic heterocycles. The fourth-order valence-corrected chi connectivity index (χ4v) is 2.34. The first-order chi connectivity index (χ1) is 6.79. The van der Waals surface area contributed by atoms with Crippen molar-refractivity contribution in [1.82, 2.24) is 4.98 Å². The molecule has 1 atom stereocenters. The Labute approximate surface area is 96.3 Å². The largest absolute Gasteiger partial charge is 0.351 e. The van der Waals surface area contributed by atoms with E-state index < -0.39 is 0 Å². The monoisotopic (exact) mass is 227 g/mol. The molecule has 15 heavy (non-hydrogen) atoms. The van der Waals surface area contributed by atoms with E-state index >= 15 is 0 Å². The Morgan fingerprint density at radius 2 is 2.13 bits per heavy atom. The van der Waals surface area contributed by atoms with Crippen molar-refractivity contribution in [2.45, 2.75) is 33.7 Å². The topological polar surface area (TPSA) is 42.1 Å². The number of aromatic nitrogens is 1. The minimum Gasteiger partial charge on any atom is -0.351 e. The summed E-state index contributed by atoms with van der Waals surface area (Å²) >= 11 is 1.66. The smallest absolute Gasteiger partial charge is 0.185 e. The van der Waals surface area contributed by atoms with Gasteiger partial charge in [-0.15, -0.1) is 11.3 Å². The second-order valence-corrected chi connectivity index (χ2v) is 6.10. The zero-order valence-electron chi connectivity index (χ0n) is 10.2. The minimum atomic E-state index is 0.0260. The Hall–Kier alpha value is -0.610. The molecule has 4 heteroatoms. The van der Waals surface area contributed by atoms with Gasteiger partial charge in [-0.3, -0.25) is 0 Å². The summed E-state index contributed by atoms with van der Waals surface area (Å²) in [6.45, 7) is 9.64. The van der Waals surface area contributed by atoms with Crippen LogP contribution >= 0.6 is 11.3 Å². The Morgan fingerprint density at radius 1 is 1.53 bits per heavy atom. The molecule has 0 fully saturated rings. The molecule has 0 saturated heterocycles. The maximum Gasteiger partial charge on any atom is 0.185 e. The van der Waals surface area contributed by atoms with Crippen LogP contribution in [0.2, 0.25) is 0 Å². The number of thiazole rings is 1. The first-order valence-corrected chi connectivity index (χ1v) is 6.10. The highest BCUT2D eigenvalue weighted by Crippen LogP contribution is 2.25. The highest BCUT2D eigenvalue weighted by Gasteiger charge is 2.16. The van der Waals surface area contributed by atoms with Crippen LogP contribution in [0, 0.1) is 5.41 Å². The van der Waals surface area contributed by atoms with Crippen molar-refractivity contribution in [1.29, 1.82) is 0 Å². The van der Waals surface area contributed by atoms with E-state index in [1.54, 1.807) is 11.3 Å². The molecule has 1 heterocycles. The fourth-order valence-electron chi connectivity index (χ4n) is 1.44. The summed E-state index contributed by atoms with van der Waals surface area (Å²) in [4.78, 5) is 6.70. The van der Waals surface area contributed by atoms with Crippen LogP contribution in [-0.2, 0) is 0 Å². The molecule has 1 aromatic heterocycles. The lowest BCUT2D eigenvalue weighted by Crippen LogP contribution is -2.29. The van der Waals surface area contributed by atoms with E-state index in [1.165, 1.54) is 0 Å². The van der Waals surface area contributed by atoms with E-state index in [9.17, 15) is 0 Å². The van der Waals surface area contributed by atoms with E-state index in [2.05, 4.69) is 37.7 Å². The molecule has 0 bridgehead atoms. The van der Waals surface area contributed by atoms with Gasteiger partial charge in [-0.25, -0.2) is 4.98 Å². The third-order valence-corrected chi connectivity index (χ3v) is 2.99. The van der Waals surface area contributed by atoms with Crippen LogP contribution in [0.3, 0.4) is 0 Å². The number of rotatable bonds is 3. The molecule has 0 aliphatic rings. The normalized spacial score (nSPS) is 14.0. The predicted molar refractivity (Wildman–Crippen MR) is 67.4 cm³/mol. The molecule has 1 aromatic rings.